The Morgan fingerprint density at radius 1 is 1.16 bits per heavy atom. The Hall–Kier alpha value is -3.03. The van der Waals surface area contributed by atoms with E-state index in [0.29, 0.717) is 24.6 Å². The Bertz CT molecular complexity index is 737. The molecule has 8 heteroatoms. The van der Waals surface area contributed by atoms with Gasteiger partial charge in [0, 0.05) is 44.6 Å². The number of carbonyl (C=O) groups excluding carboxylic acids is 1. The number of halogens is 2. The zero-order chi connectivity index (χ0) is 18.1. The first-order valence-corrected chi connectivity index (χ1v) is 7.67. The Balaban J connectivity index is 1.73. The van der Waals surface area contributed by atoms with Gasteiger partial charge in [0.2, 0.25) is 0 Å². The third kappa shape index (κ3) is 5.83. The van der Waals surface area contributed by atoms with Gasteiger partial charge in [-0.1, -0.05) is 0 Å². The summed E-state index contributed by atoms with van der Waals surface area (Å²) >= 11 is 0. The zero-order valence-corrected chi connectivity index (χ0v) is 13.7. The molecule has 6 nitrogen and oxygen atoms in total. The van der Waals surface area contributed by atoms with Crippen molar-refractivity contribution in [3.8, 4) is 0 Å². The van der Waals surface area contributed by atoms with E-state index < -0.39 is 11.6 Å². The maximum Gasteiger partial charge on any atom is 0.252 e. The van der Waals surface area contributed by atoms with Gasteiger partial charge in [0.1, 0.15) is 11.6 Å². The molecule has 1 heterocycles. The van der Waals surface area contributed by atoms with Crippen molar-refractivity contribution in [2.45, 2.75) is 6.54 Å². The minimum Gasteiger partial charge on any atom is -0.355 e. The van der Waals surface area contributed by atoms with E-state index >= 15 is 0 Å². The molecule has 0 unspecified atom stereocenters. The smallest absolute Gasteiger partial charge is 0.252 e. The van der Waals surface area contributed by atoms with Crippen LogP contribution in [-0.4, -0.2) is 37.0 Å². The van der Waals surface area contributed by atoms with E-state index in [1.54, 1.807) is 25.4 Å². The second kappa shape index (κ2) is 9.31. The topological polar surface area (TPSA) is 78.4 Å². The number of nitrogens with one attached hydrogen (secondary N) is 3. The molecule has 0 aliphatic rings. The average molecular weight is 347 g/mol. The molecule has 2 rings (SSSR count). The molecule has 0 saturated carbocycles. The molecule has 0 aliphatic carbocycles. The lowest BCUT2D eigenvalue weighted by molar-refractivity contribution is 0.0954. The highest BCUT2D eigenvalue weighted by Gasteiger charge is 2.06. The first-order valence-electron chi connectivity index (χ1n) is 7.67. The van der Waals surface area contributed by atoms with Crippen molar-refractivity contribution in [2.75, 3.05) is 20.1 Å². The molecule has 1 aromatic carbocycles. The van der Waals surface area contributed by atoms with Gasteiger partial charge in [0.15, 0.2) is 5.96 Å². The molecule has 1 aromatic heterocycles. The largest absolute Gasteiger partial charge is 0.355 e. The van der Waals surface area contributed by atoms with Gasteiger partial charge < -0.3 is 16.0 Å². The highest BCUT2D eigenvalue weighted by Crippen LogP contribution is 2.08. The minimum atomic E-state index is -0.501. The summed E-state index contributed by atoms with van der Waals surface area (Å²) in [6.07, 6.45) is 3.08. The van der Waals surface area contributed by atoms with Crippen molar-refractivity contribution >= 4 is 11.9 Å². The fraction of sp³-hybridized carbons (Fsp3) is 0.235. The fourth-order valence-corrected chi connectivity index (χ4v) is 2.03. The number of hydrogen-bond acceptors (Lipinski definition) is 3. The van der Waals surface area contributed by atoms with Crippen molar-refractivity contribution in [1.29, 1.82) is 0 Å². The van der Waals surface area contributed by atoms with Crippen molar-refractivity contribution in [3.63, 3.8) is 0 Å². The number of aromatic nitrogens is 1. The molecule has 0 saturated heterocycles. The normalized spacial score (nSPS) is 11.1. The molecule has 0 radical (unpaired) electrons. The SMILES string of the molecule is CN=C(NCCNC(=O)c1cccnc1)NCc1cc(F)ccc1F. The van der Waals surface area contributed by atoms with Crippen LogP contribution in [0.4, 0.5) is 8.78 Å². The van der Waals surface area contributed by atoms with Crippen LogP contribution in [0, 0.1) is 11.6 Å². The van der Waals surface area contributed by atoms with E-state index in [1.165, 1.54) is 6.20 Å². The van der Waals surface area contributed by atoms with Crippen LogP contribution in [0.5, 0.6) is 0 Å². The summed E-state index contributed by atoms with van der Waals surface area (Å²) in [6, 6.07) is 6.63. The van der Waals surface area contributed by atoms with E-state index in [2.05, 4.69) is 25.9 Å². The number of nitrogens with zero attached hydrogens (tertiary/aromatic N) is 2. The first-order chi connectivity index (χ1) is 12.1. The van der Waals surface area contributed by atoms with Crippen LogP contribution in [0.3, 0.4) is 0 Å². The van der Waals surface area contributed by atoms with E-state index in [9.17, 15) is 13.6 Å². The molecule has 132 valence electrons. The summed E-state index contributed by atoms with van der Waals surface area (Å²) in [5.74, 6) is -0.800. The first kappa shape index (κ1) is 18.3. The predicted octanol–water partition coefficient (Wildman–Crippen LogP) is 1.45. The Kier molecular flexibility index (Phi) is 6.82. The lowest BCUT2D eigenvalue weighted by Crippen LogP contribution is -2.41. The Morgan fingerprint density at radius 2 is 1.96 bits per heavy atom. The van der Waals surface area contributed by atoms with Gasteiger partial charge in [-0.25, -0.2) is 8.78 Å². The number of rotatable bonds is 6. The van der Waals surface area contributed by atoms with Crippen LogP contribution in [0.15, 0.2) is 47.7 Å². The molecule has 0 aliphatic heterocycles. The van der Waals surface area contributed by atoms with Crippen LogP contribution >= 0.6 is 0 Å². The van der Waals surface area contributed by atoms with Crippen LogP contribution in [0.25, 0.3) is 0 Å². The number of benzene rings is 1. The Labute approximate surface area is 144 Å². The molecule has 0 atom stereocenters. The monoisotopic (exact) mass is 347 g/mol. The van der Waals surface area contributed by atoms with E-state index in [-0.39, 0.29) is 18.0 Å². The van der Waals surface area contributed by atoms with Gasteiger partial charge in [-0.2, -0.15) is 0 Å². The number of amides is 1. The van der Waals surface area contributed by atoms with Gasteiger partial charge >= 0.3 is 0 Å². The van der Waals surface area contributed by atoms with Crippen LogP contribution in [0.2, 0.25) is 0 Å². The van der Waals surface area contributed by atoms with Crippen LogP contribution in [-0.2, 0) is 6.54 Å². The summed E-state index contributed by atoms with van der Waals surface area (Å²) in [4.78, 5) is 19.7. The molecule has 25 heavy (non-hydrogen) atoms. The molecule has 1 amide bonds. The maximum absolute atomic E-state index is 13.6. The van der Waals surface area contributed by atoms with Gasteiger partial charge in [-0.05, 0) is 30.3 Å². The van der Waals surface area contributed by atoms with Crippen LogP contribution in [0.1, 0.15) is 15.9 Å². The average Bonchev–Trinajstić information content (AvgIpc) is 2.64. The van der Waals surface area contributed by atoms with Crippen LogP contribution < -0.4 is 16.0 Å². The molecule has 0 bridgehead atoms. The zero-order valence-electron chi connectivity index (χ0n) is 13.7. The second-order valence-corrected chi connectivity index (χ2v) is 5.09. The van der Waals surface area contributed by atoms with E-state index in [1.807, 2.05) is 0 Å². The summed E-state index contributed by atoms with van der Waals surface area (Å²) in [7, 11) is 1.56. The predicted molar refractivity (Wildman–Crippen MR) is 91.1 cm³/mol. The number of hydrogen-bond donors (Lipinski definition) is 3. The summed E-state index contributed by atoms with van der Waals surface area (Å²) < 4.78 is 26.7. The lowest BCUT2D eigenvalue weighted by Gasteiger charge is -2.13. The van der Waals surface area contributed by atoms with Gasteiger partial charge in [-0.3, -0.25) is 14.8 Å². The lowest BCUT2D eigenvalue weighted by atomic mass is 10.2. The number of aliphatic imine (C=N–C) groups is 1. The Morgan fingerprint density at radius 3 is 2.68 bits per heavy atom. The molecule has 0 fully saturated rings. The maximum atomic E-state index is 13.6. The quantitative estimate of drug-likeness (QED) is 0.420. The highest BCUT2D eigenvalue weighted by atomic mass is 19.1. The van der Waals surface area contributed by atoms with Gasteiger partial charge in [0.25, 0.3) is 5.91 Å². The van der Waals surface area contributed by atoms with E-state index in [0.717, 1.165) is 18.2 Å². The summed E-state index contributed by atoms with van der Waals surface area (Å²) in [5, 5.41) is 8.59. The van der Waals surface area contributed by atoms with Crippen molar-refractivity contribution in [1.82, 2.24) is 20.9 Å². The van der Waals surface area contributed by atoms with Crippen molar-refractivity contribution in [2.24, 2.45) is 4.99 Å². The fourth-order valence-electron chi connectivity index (χ4n) is 2.03. The minimum absolute atomic E-state index is 0.0886. The third-order valence-corrected chi connectivity index (χ3v) is 3.30. The molecule has 0 spiro atoms. The summed E-state index contributed by atoms with van der Waals surface area (Å²) in [5.41, 5.74) is 0.680. The van der Waals surface area contributed by atoms with E-state index in [4.69, 9.17) is 0 Å². The van der Waals surface area contributed by atoms with Crippen molar-refractivity contribution in [3.05, 3.63) is 65.5 Å². The molecular weight excluding hydrogens is 328 g/mol. The standard InChI is InChI=1S/C17H19F2N5O/c1-20-17(24-11-13-9-14(18)4-5-15(13)19)23-8-7-22-16(25)12-3-2-6-21-10-12/h2-6,9-10H,7-8,11H2,1H3,(H,22,25)(H2,20,23,24). The van der Waals surface area contributed by atoms with Gasteiger partial charge in [0.05, 0.1) is 5.56 Å². The van der Waals surface area contributed by atoms with Gasteiger partial charge in [-0.15, -0.1) is 0 Å². The number of carbonyl (C=O) groups is 1. The third-order valence-electron chi connectivity index (χ3n) is 3.30. The number of pyridine rings is 1. The van der Waals surface area contributed by atoms with Crippen molar-refractivity contribution < 1.29 is 13.6 Å². The highest BCUT2D eigenvalue weighted by molar-refractivity contribution is 5.93. The second-order valence-electron chi connectivity index (χ2n) is 5.09. The number of guanidine groups is 1. The molecule has 3 N–H and O–H groups in total. The summed E-state index contributed by atoms with van der Waals surface area (Å²) in [6.45, 7) is 0.866. The molecular formula is C17H19F2N5O. The molecule has 2 aromatic rings.